The highest BCUT2D eigenvalue weighted by Gasteiger charge is 2.22. The molecular weight excluding hydrogens is 334 g/mol. The number of carbonyl (C=O) groups excluding carboxylic acids is 1. The summed E-state index contributed by atoms with van der Waals surface area (Å²) in [7, 11) is -3.27. The Kier molecular flexibility index (Phi) is 8.72. The van der Waals surface area contributed by atoms with Crippen molar-refractivity contribution in [1.29, 1.82) is 0 Å². The minimum Gasteiger partial charge on any atom is -0.351 e. The van der Waals surface area contributed by atoms with E-state index in [1.54, 1.807) is 5.38 Å². The van der Waals surface area contributed by atoms with E-state index in [0.717, 1.165) is 19.3 Å². The summed E-state index contributed by atoms with van der Waals surface area (Å²) in [5, 5.41) is 5.11. The fourth-order valence-electron chi connectivity index (χ4n) is 1.99. The van der Waals surface area contributed by atoms with Crippen molar-refractivity contribution in [3.8, 4) is 0 Å². The quantitative estimate of drug-likeness (QED) is 0.657. The molecule has 0 aliphatic rings. The Morgan fingerprint density at radius 2 is 2.00 bits per heavy atom. The second kappa shape index (κ2) is 10.00. The van der Waals surface area contributed by atoms with Crippen molar-refractivity contribution in [1.82, 2.24) is 14.6 Å². The van der Waals surface area contributed by atoms with Gasteiger partial charge in [0.2, 0.25) is 10.0 Å². The molecule has 0 bridgehead atoms. The van der Waals surface area contributed by atoms with Gasteiger partial charge in [-0.1, -0.05) is 27.2 Å². The topological polar surface area (TPSA) is 79.4 Å². The van der Waals surface area contributed by atoms with Crippen molar-refractivity contribution in [3.63, 3.8) is 0 Å². The Balaban J connectivity index is 2.77. The summed E-state index contributed by atoms with van der Waals surface area (Å²) in [6, 6.07) is 0. The maximum atomic E-state index is 12.4. The smallest absolute Gasteiger partial charge is 0.270 e. The van der Waals surface area contributed by atoms with E-state index in [1.807, 2.05) is 20.8 Å². The third-order valence-electron chi connectivity index (χ3n) is 3.25. The van der Waals surface area contributed by atoms with Crippen LogP contribution in [0.1, 0.15) is 62.0 Å². The van der Waals surface area contributed by atoms with Crippen LogP contribution in [0, 0.1) is 0 Å². The van der Waals surface area contributed by atoms with Gasteiger partial charge in [0.1, 0.15) is 10.7 Å². The largest absolute Gasteiger partial charge is 0.351 e. The Bertz CT molecular complexity index is 585. The molecule has 6 nitrogen and oxygen atoms in total. The number of hydrogen-bond acceptors (Lipinski definition) is 5. The van der Waals surface area contributed by atoms with E-state index in [2.05, 4.69) is 10.3 Å². The van der Waals surface area contributed by atoms with Gasteiger partial charge in [0.15, 0.2) is 0 Å². The van der Waals surface area contributed by atoms with E-state index < -0.39 is 10.0 Å². The van der Waals surface area contributed by atoms with Crippen LogP contribution in [0.15, 0.2) is 5.38 Å². The van der Waals surface area contributed by atoms with Gasteiger partial charge < -0.3 is 5.32 Å². The van der Waals surface area contributed by atoms with Crippen LogP contribution in [0.4, 0.5) is 0 Å². The molecular formula is C15H27N3O3S2. The molecule has 1 aromatic rings. The van der Waals surface area contributed by atoms with Crippen LogP contribution < -0.4 is 5.32 Å². The monoisotopic (exact) mass is 361 g/mol. The van der Waals surface area contributed by atoms with Crippen LogP contribution in [0.25, 0.3) is 0 Å². The zero-order chi connectivity index (χ0) is 17.3. The third kappa shape index (κ3) is 6.56. The van der Waals surface area contributed by atoms with Crippen LogP contribution in [-0.2, 0) is 16.6 Å². The maximum absolute atomic E-state index is 12.4. The average Bonchev–Trinajstić information content (AvgIpc) is 2.99. The number of nitrogens with zero attached hydrogens (tertiary/aromatic N) is 2. The van der Waals surface area contributed by atoms with Crippen molar-refractivity contribution in [3.05, 3.63) is 16.1 Å². The van der Waals surface area contributed by atoms with Gasteiger partial charge >= 0.3 is 0 Å². The maximum Gasteiger partial charge on any atom is 0.270 e. The van der Waals surface area contributed by atoms with Crippen LogP contribution in [0.2, 0.25) is 0 Å². The zero-order valence-electron chi connectivity index (χ0n) is 14.2. The first-order valence-corrected chi connectivity index (χ1v) is 10.6. The van der Waals surface area contributed by atoms with Gasteiger partial charge in [-0.15, -0.1) is 11.3 Å². The summed E-state index contributed by atoms with van der Waals surface area (Å²) in [4.78, 5) is 16.1. The Morgan fingerprint density at radius 1 is 1.26 bits per heavy atom. The van der Waals surface area contributed by atoms with Gasteiger partial charge in [-0.25, -0.2) is 13.4 Å². The summed E-state index contributed by atoms with van der Waals surface area (Å²) in [5.41, 5.74) is 0.362. The molecule has 1 heterocycles. The van der Waals surface area contributed by atoms with Gasteiger partial charge in [-0.3, -0.25) is 4.79 Å². The number of unbranched alkanes of at least 4 members (excludes halogenated alkanes) is 1. The SMILES string of the molecule is CCCCS(=O)(=O)N(CCC)Cc1nc(C(=O)NCCC)cs1. The molecule has 0 aliphatic heterocycles. The molecule has 0 saturated heterocycles. The van der Waals surface area contributed by atoms with Gasteiger partial charge in [0.25, 0.3) is 5.91 Å². The van der Waals surface area contributed by atoms with Crippen molar-refractivity contribution in [2.24, 2.45) is 0 Å². The van der Waals surface area contributed by atoms with Gasteiger partial charge in [0, 0.05) is 18.5 Å². The van der Waals surface area contributed by atoms with E-state index in [4.69, 9.17) is 0 Å². The van der Waals surface area contributed by atoms with Crippen LogP contribution >= 0.6 is 11.3 Å². The fraction of sp³-hybridized carbons (Fsp3) is 0.733. The summed E-state index contributed by atoms with van der Waals surface area (Å²) in [6.45, 7) is 7.24. The Labute approximate surface area is 143 Å². The lowest BCUT2D eigenvalue weighted by atomic mass is 10.4. The first-order valence-electron chi connectivity index (χ1n) is 8.15. The molecule has 0 spiro atoms. The lowest BCUT2D eigenvalue weighted by Crippen LogP contribution is -2.33. The predicted octanol–water partition coefficient (Wildman–Crippen LogP) is 2.62. The van der Waals surface area contributed by atoms with E-state index in [-0.39, 0.29) is 18.2 Å². The molecule has 0 atom stereocenters. The first-order chi connectivity index (χ1) is 10.9. The minimum absolute atomic E-state index is 0.165. The number of nitrogens with one attached hydrogen (secondary N) is 1. The second-order valence-corrected chi connectivity index (χ2v) is 8.42. The number of hydrogen-bond donors (Lipinski definition) is 1. The molecule has 132 valence electrons. The Morgan fingerprint density at radius 3 is 2.61 bits per heavy atom. The zero-order valence-corrected chi connectivity index (χ0v) is 15.8. The molecule has 0 saturated carbocycles. The molecule has 1 amide bonds. The molecule has 0 radical (unpaired) electrons. The normalized spacial score (nSPS) is 11.8. The van der Waals surface area contributed by atoms with Crippen LogP contribution in [0.3, 0.4) is 0 Å². The van der Waals surface area contributed by atoms with Crippen molar-refractivity contribution in [2.45, 2.75) is 53.0 Å². The van der Waals surface area contributed by atoms with E-state index in [1.165, 1.54) is 15.6 Å². The van der Waals surface area contributed by atoms with Gasteiger partial charge in [-0.2, -0.15) is 4.31 Å². The predicted molar refractivity (Wildman–Crippen MR) is 94.1 cm³/mol. The van der Waals surface area contributed by atoms with Crippen LogP contribution in [-0.4, -0.2) is 42.5 Å². The third-order valence-corrected chi connectivity index (χ3v) is 5.99. The minimum atomic E-state index is -3.27. The number of aromatic nitrogens is 1. The molecule has 0 fully saturated rings. The molecule has 1 N–H and O–H groups in total. The standard InChI is InChI=1S/C15H27N3O3S2/c1-4-7-10-23(20,21)18(9-6-3)11-14-17-13(12-22-14)15(19)16-8-5-2/h12H,4-11H2,1-3H3,(H,16,19). The van der Waals surface area contributed by atoms with Gasteiger partial charge in [-0.05, 0) is 19.3 Å². The van der Waals surface area contributed by atoms with Gasteiger partial charge in [0.05, 0.1) is 12.3 Å². The molecule has 8 heteroatoms. The summed E-state index contributed by atoms with van der Waals surface area (Å²) < 4.78 is 26.3. The highest BCUT2D eigenvalue weighted by molar-refractivity contribution is 7.89. The molecule has 1 rings (SSSR count). The highest BCUT2D eigenvalue weighted by atomic mass is 32.2. The molecule has 0 aliphatic carbocycles. The molecule has 1 aromatic heterocycles. The van der Waals surface area contributed by atoms with Crippen molar-refractivity contribution >= 4 is 27.3 Å². The highest BCUT2D eigenvalue weighted by Crippen LogP contribution is 2.16. The number of rotatable bonds is 11. The fourth-order valence-corrected chi connectivity index (χ4v) is 4.55. The summed E-state index contributed by atoms with van der Waals surface area (Å²) in [5.74, 6) is -0.0381. The number of sulfonamides is 1. The van der Waals surface area contributed by atoms with E-state index >= 15 is 0 Å². The first kappa shape index (κ1) is 20.1. The van der Waals surface area contributed by atoms with Crippen molar-refractivity contribution < 1.29 is 13.2 Å². The molecule has 0 unspecified atom stereocenters. The number of carbonyl (C=O) groups is 1. The average molecular weight is 362 g/mol. The Hall–Kier alpha value is -0.990. The number of amides is 1. The summed E-state index contributed by atoms with van der Waals surface area (Å²) >= 11 is 1.33. The summed E-state index contributed by atoms with van der Waals surface area (Å²) in [6.07, 6.45) is 3.12. The second-order valence-electron chi connectivity index (χ2n) is 5.39. The lowest BCUT2D eigenvalue weighted by Gasteiger charge is -2.20. The molecule has 23 heavy (non-hydrogen) atoms. The molecule has 0 aromatic carbocycles. The number of thiazole rings is 1. The lowest BCUT2D eigenvalue weighted by molar-refractivity contribution is 0.0949. The van der Waals surface area contributed by atoms with Crippen LogP contribution in [0.5, 0.6) is 0 Å². The van der Waals surface area contributed by atoms with E-state index in [9.17, 15) is 13.2 Å². The van der Waals surface area contributed by atoms with Crippen molar-refractivity contribution in [2.75, 3.05) is 18.8 Å². The van der Waals surface area contributed by atoms with E-state index in [0.29, 0.717) is 30.2 Å².